The molecule has 5 unspecified atom stereocenters. The first-order chi connectivity index (χ1) is 8.70. The van der Waals surface area contributed by atoms with Crippen LogP contribution < -0.4 is 5.32 Å². The zero-order chi connectivity index (χ0) is 12.4. The van der Waals surface area contributed by atoms with Gasteiger partial charge in [0.05, 0.1) is 0 Å². The number of aryl methyl sites for hydroxylation is 1. The lowest BCUT2D eigenvalue weighted by atomic mass is 9.96. The lowest BCUT2D eigenvalue weighted by Crippen LogP contribution is -2.21. The van der Waals surface area contributed by atoms with Crippen LogP contribution >= 0.6 is 27.3 Å². The molecular weight excluding hydrogens is 306 g/mol. The number of thiophene rings is 1. The molecule has 3 saturated carbocycles. The van der Waals surface area contributed by atoms with Crippen molar-refractivity contribution in [2.75, 3.05) is 7.05 Å². The van der Waals surface area contributed by atoms with Crippen LogP contribution in [0.5, 0.6) is 0 Å². The number of fused-ring (bicyclic) bond motifs is 5. The Bertz CT molecular complexity index is 467. The van der Waals surface area contributed by atoms with Crippen molar-refractivity contribution in [2.45, 2.75) is 32.2 Å². The first-order valence-electron chi connectivity index (χ1n) is 7.13. The van der Waals surface area contributed by atoms with E-state index in [4.69, 9.17) is 0 Å². The number of nitrogens with one attached hydrogen (secondary N) is 1. The molecule has 3 aliphatic carbocycles. The highest BCUT2D eigenvalue weighted by Crippen LogP contribution is 2.72. The average molecular weight is 326 g/mol. The van der Waals surface area contributed by atoms with E-state index >= 15 is 0 Å². The Balaban J connectivity index is 1.62. The van der Waals surface area contributed by atoms with Gasteiger partial charge in [-0.1, -0.05) is 0 Å². The van der Waals surface area contributed by atoms with E-state index in [1.807, 2.05) is 11.3 Å². The summed E-state index contributed by atoms with van der Waals surface area (Å²) in [5, 5.41) is 3.61. The predicted octanol–water partition coefficient (Wildman–Crippen LogP) is 4.37. The molecule has 1 aromatic heterocycles. The second kappa shape index (κ2) is 4.07. The highest BCUT2D eigenvalue weighted by atomic mass is 79.9. The fraction of sp³-hybridized carbons (Fsp3) is 0.733. The molecule has 0 spiro atoms. The number of hydrogen-bond donors (Lipinski definition) is 1. The van der Waals surface area contributed by atoms with Crippen molar-refractivity contribution in [1.82, 2.24) is 5.32 Å². The lowest BCUT2D eigenvalue weighted by Gasteiger charge is -2.19. The third-order valence-corrected chi connectivity index (χ3v) is 7.66. The van der Waals surface area contributed by atoms with Crippen molar-refractivity contribution < 1.29 is 0 Å². The molecule has 0 aromatic carbocycles. The second-order valence-electron chi connectivity index (χ2n) is 6.40. The minimum atomic E-state index is 0.594. The van der Waals surface area contributed by atoms with Gasteiger partial charge in [-0.25, -0.2) is 0 Å². The predicted molar refractivity (Wildman–Crippen MR) is 79.9 cm³/mol. The van der Waals surface area contributed by atoms with Crippen molar-refractivity contribution in [3.8, 4) is 0 Å². The molecule has 5 atom stereocenters. The summed E-state index contributed by atoms with van der Waals surface area (Å²) in [7, 11) is 2.14. The van der Waals surface area contributed by atoms with Crippen molar-refractivity contribution in [1.29, 1.82) is 0 Å². The third-order valence-electron chi connectivity index (χ3n) is 5.61. The Morgan fingerprint density at radius 2 is 2.00 bits per heavy atom. The van der Waals surface area contributed by atoms with Crippen molar-refractivity contribution >= 4 is 27.3 Å². The third kappa shape index (κ3) is 1.53. The van der Waals surface area contributed by atoms with Crippen molar-refractivity contribution in [2.24, 2.45) is 29.6 Å². The summed E-state index contributed by atoms with van der Waals surface area (Å²) >= 11 is 5.72. The zero-order valence-corrected chi connectivity index (χ0v) is 13.4. The zero-order valence-electron chi connectivity index (χ0n) is 10.9. The summed E-state index contributed by atoms with van der Waals surface area (Å²) < 4.78 is 1.32. The Morgan fingerprint density at radius 3 is 2.50 bits per heavy atom. The molecule has 98 valence electrons. The molecular formula is C15H20BrNS. The molecule has 0 amide bonds. The fourth-order valence-electron chi connectivity index (χ4n) is 5.05. The molecule has 3 fully saturated rings. The fourth-order valence-corrected chi connectivity index (χ4v) is 7.12. The second-order valence-corrected chi connectivity index (χ2v) is 8.54. The molecule has 2 bridgehead atoms. The summed E-state index contributed by atoms with van der Waals surface area (Å²) in [5.74, 6) is 5.17. The van der Waals surface area contributed by atoms with Crippen LogP contribution in [0.3, 0.4) is 0 Å². The first kappa shape index (κ1) is 11.9. The van der Waals surface area contributed by atoms with E-state index in [1.54, 1.807) is 6.42 Å². The summed E-state index contributed by atoms with van der Waals surface area (Å²) in [6.45, 7) is 2.21. The van der Waals surface area contributed by atoms with Gasteiger partial charge in [-0.05, 0) is 84.8 Å². The minimum absolute atomic E-state index is 0.594. The molecule has 0 aliphatic heterocycles. The van der Waals surface area contributed by atoms with E-state index in [1.165, 1.54) is 27.1 Å². The molecule has 0 radical (unpaired) electrons. The molecule has 0 saturated heterocycles. The average Bonchev–Trinajstić information content (AvgIpc) is 2.68. The molecule has 3 aliphatic rings. The maximum atomic E-state index is 3.75. The van der Waals surface area contributed by atoms with E-state index in [2.05, 4.69) is 41.3 Å². The van der Waals surface area contributed by atoms with Crippen LogP contribution in [-0.4, -0.2) is 7.05 Å². The van der Waals surface area contributed by atoms with Gasteiger partial charge in [0.25, 0.3) is 0 Å². The maximum Gasteiger partial charge on any atom is 0.0458 e. The van der Waals surface area contributed by atoms with Crippen molar-refractivity contribution in [3.63, 3.8) is 0 Å². The molecule has 3 heteroatoms. The first-order valence-corrected chi connectivity index (χ1v) is 8.74. The standard InChI is InChI=1S/C15H20BrNS/c1-7-5-10(16)15(18-7)14(17-2)13-11-8-3-4-9(6-8)12(11)13/h5,8-9,11-14,17H,3-4,6H2,1-2H3. The van der Waals surface area contributed by atoms with Gasteiger partial charge in [0.1, 0.15) is 0 Å². The van der Waals surface area contributed by atoms with E-state index in [0.29, 0.717) is 6.04 Å². The van der Waals surface area contributed by atoms with Crippen LogP contribution in [0.1, 0.15) is 35.1 Å². The Kier molecular flexibility index (Phi) is 2.69. The summed E-state index contributed by atoms with van der Waals surface area (Å²) in [6, 6.07) is 2.87. The molecule has 1 nitrogen and oxygen atoms in total. The normalized spacial score (nSPS) is 42.1. The Morgan fingerprint density at radius 1 is 1.33 bits per heavy atom. The minimum Gasteiger partial charge on any atom is -0.312 e. The number of hydrogen-bond acceptors (Lipinski definition) is 2. The van der Waals surface area contributed by atoms with Crippen LogP contribution in [-0.2, 0) is 0 Å². The molecule has 4 rings (SSSR count). The smallest absolute Gasteiger partial charge is 0.0458 e. The van der Waals surface area contributed by atoms with E-state index in [0.717, 1.165) is 29.6 Å². The summed E-state index contributed by atoms with van der Waals surface area (Å²) in [5.41, 5.74) is 0. The van der Waals surface area contributed by atoms with Gasteiger partial charge in [-0.15, -0.1) is 11.3 Å². The molecule has 1 heterocycles. The SMILES string of the molecule is CNC(c1sc(C)cc1Br)C1C2C3CCC(C3)C21. The van der Waals surface area contributed by atoms with Gasteiger partial charge in [0.2, 0.25) is 0 Å². The van der Waals surface area contributed by atoms with Crippen LogP contribution in [0.15, 0.2) is 10.5 Å². The molecule has 1 aromatic rings. The highest BCUT2D eigenvalue weighted by Gasteiger charge is 2.66. The van der Waals surface area contributed by atoms with Gasteiger partial charge in [-0.3, -0.25) is 0 Å². The van der Waals surface area contributed by atoms with Crippen LogP contribution in [0.25, 0.3) is 0 Å². The van der Waals surface area contributed by atoms with Gasteiger partial charge in [0.15, 0.2) is 0 Å². The monoisotopic (exact) mass is 325 g/mol. The Hall–Kier alpha value is 0.140. The van der Waals surface area contributed by atoms with E-state index in [-0.39, 0.29) is 0 Å². The summed E-state index contributed by atoms with van der Waals surface area (Å²) in [4.78, 5) is 2.96. The number of halogens is 1. The van der Waals surface area contributed by atoms with Gasteiger partial charge in [-0.2, -0.15) is 0 Å². The molecule has 18 heavy (non-hydrogen) atoms. The number of rotatable bonds is 3. The van der Waals surface area contributed by atoms with Gasteiger partial charge in [0, 0.05) is 20.3 Å². The summed E-state index contributed by atoms with van der Waals surface area (Å²) in [6.07, 6.45) is 4.58. The van der Waals surface area contributed by atoms with E-state index < -0.39 is 0 Å². The maximum absolute atomic E-state index is 3.75. The van der Waals surface area contributed by atoms with Gasteiger partial charge >= 0.3 is 0 Å². The lowest BCUT2D eigenvalue weighted by molar-refractivity contribution is 0.388. The van der Waals surface area contributed by atoms with Gasteiger partial charge < -0.3 is 5.32 Å². The quantitative estimate of drug-likeness (QED) is 0.870. The van der Waals surface area contributed by atoms with Crippen LogP contribution in [0.2, 0.25) is 0 Å². The van der Waals surface area contributed by atoms with Crippen molar-refractivity contribution in [3.05, 3.63) is 20.3 Å². The highest BCUT2D eigenvalue weighted by molar-refractivity contribution is 9.10. The van der Waals surface area contributed by atoms with Crippen LogP contribution in [0, 0.1) is 36.5 Å². The molecule has 1 N–H and O–H groups in total. The Labute approximate surface area is 121 Å². The topological polar surface area (TPSA) is 12.0 Å². The largest absolute Gasteiger partial charge is 0.312 e. The van der Waals surface area contributed by atoms with E-state index in [9.17, 15) is 0 Å². The van der Waals surface area contributed by atoms with Crippen LogP contribution in [0.4, 0.5) is 0 Å².